The molecule has 1 aliphatic carbocycles. The first-order chi connectivity index (χ1) is 8.33. The van der Waals surface area contributed by atoms with Crippen LogP contribution in [0.3, 0.4) is 0 Å². The molecule has 4 heteroatoms. The van der Waals surface area contributed by atoms with Crippen LogP contribution >= 0.6 is 0 Å². The summed E-state index contributed by atoms with van der Waals surface area (Å²) in [6.45, 7) is 8.22. The molecular weight excluding hydrogens is 228 g/mol. The zero-order valence-electron chi connectivity index (χ0n) is 12.0. The Kier molecular flexibility index (Phi) is 5.17. The lowest BCUT2D eigenvalue weighted by atomic mass is 9.87. The quantitative estimate of drug-likeness (QED) is 0.784. The molecule has 1 fully saturated rings. The van der Waals surface area contributed by atoms with Crippen molar-refractivity contribution < 1.29 is 9.53 Å². The van der Waals surface area contributed by atoms with Gasteiger partial charge in [-0.2, -0.15) is 0 Å². The third kappa shape index (κ3) is 4.67. The Morgan fingerprint density at radius 2 is 1.89 bits per heavy atom. The van der Waals surface area contributed by atoms with Gasteiger partial charge < -0.3 is 10.1 Å². The molecule has 0 radical (unpaired) electrons. The summed E-state index contributed by atoms with van der Waals surface area (Å²) in [5.41, 5.74) is -0.473. The number of ether oxygens (including phenoxy) is 1. The molecule has 0 aromatic heterocycles. The second-order valence-electron chi connectivity index (χ2n) is 6.25. The van der Waals surface area contributed by atoms with Crippen LogP contribution in [0.4, 0.5) is 4.79 Å². The molecule has 104 valence electrons. The van der Waals surface area contributed by atoms with Gasteiger partial charge in [-0.05, 0) is 52.4 Å². The van der Waals surface area contributed by atoms with Crippen molar-refractivity contribution >= 4 is 12.3 Å². The zero-order chi connectivity index (χ0) is 13.8. The van der Waals surface area contributed by atoms with Gasteiger partial charge in [0, 0.05) is 12.3 Å². The summed E-state index contributed by atoms with van der Waals surface area (Å²) in [7, 11) is 0. The van der Waals surface area contributed by atoms with E-state index in [1.54, 1.807) is 4.90 Å². The molecule has 18 heavy (non-hydrogen) atoms. The summed E-state index contributed by atoms with van der Waals surface area (Å²) in [4.78, 5) is 13.8. The third-order valence-electron chi connectivity index (χ3n) is 3.34. The maximum atomic E-state index is 12.1. The maximum absolute atomic E-state index is 12.1. The molecule has 0 aliphatic heterocycles. The van der Waals surface area contributed by atoms with Crippen molar-refractivity contribution in [3.8, 4) is 0 Å². The van der Waals surface area contributed by atoms with Crippen LogP contribution in [0.25, 0.3) is 0 Å². The standard InChI is InChI=1S/C14H26N2O2/c1-11-5-7-12(8-6-11)16(10-9-15)13(17)18-14(2,3)4/h9,11-12,15H,5-8,10H2,1-4H3. The number of hydrogen-bond donors (Lipinski definition) is 1. The maximum Gasteiger partial charge on any atom is 0.410 e. The zero-order valence-corrected chi connectivity index (χ0v) is 12.0. The first-order valence-electron chi connectivity index (χ1n) is 6.82. The molecule has 0 aromatic carbocycles. The van der Waals surface area contributed by atoms with E-state index in [1.165, 1.54) is 6.21 Å². The van der Waals surface area contributed by atoms with E-state index in [0.717, 1.165) is 31.6 Å². The monoisotopic (exact) mass is 254 g/mol. The summed E-state index contributed by atoms with van der Waals surface area (Å²) in [5, 5.41) is 7.24. The first kappa shape index (κ1) is 15.0. The molecule has 0 aromatic rings. The van der Waals surface area contributed by atoms with Gasteiger partial charge in [0.2, 0.25) is 0 Å². The summed E-state index contributed by atoms with van der Waals surface area (Å²) in [6.07, 6.45) is 5.35. The highest BCUT2D eigenvalue weighted by Gasteiger charge is 2.30. The molecular formula is C14H26N2O2. The molecule has 1 aliphatic rings. The average molecular weight is 254 g/mol. The van der Waals surface area contributed by atoms with E-state index in [1.807, 2.05) is 20.8 Å². The van der Waals surface area contributed by atoms with Crippen LogP contribution in [0.5, 0.6) is 0 Å². The highest BCUT2D eigenvalue weighted by molar-refractivity contribution is 5.72. The van der Waals surface area contributed by atoms with E-state index < -0.39 is 5.60 Å². The van der Waals surface area contributed by atoms with Gasteiger partial charge in [-0.1, -0.05) is 6.92 Å². The summed E-state index contributed by atoms with van der Waals surface area (Å²) < 4.78 is 5.42. The fraction of sp³-hybridized carbons (Fsp3) is 0.857. The number of nitrogens with zero attached hydrogens (tertiary/aromatic N) is 1. The minimum Gasteiger partial charge on any atom is -0.444 e. The van der Waals surface area contributed by atoms with Crippen molar-refractivity contribution in [2.75, 3.05) is 6.54 Å². The van der Waals surface area contributed by atoms with Gasteiger partial charge in [0.25, 0.3) is 0 Å². The lowest BCUT2D eigenvalue weighted by Crippen LogP contribution is -2.45. The van der Waals surface area contributed by atoms with Gasteiger partial charge in [-0.25, -0.2) is 4.79 Å². The molecule has 1 N–H and O–H groups in total. The fourth-order valence-electron chi connectivity index (χ4n) is 2.35. The summed E-state index contributed by atoms with van der Waals surface area (Å²) in [6, 6.07) is 0.234. The highest BCUT2D eigenvalue weighted by Crippen LogP contribution is 2.27. The lowest BCUT2D eigenvalue weighted by molar-refractivity contribution is 0.0149. The number of amides is 1. The van der Waals surface area contributed by atoms with Crippen molar-refractivity contribution in [1.82, 2.24) is 4.90 Å². The van der Waals surface area contributed by atoms with Crippen LogP contribution in [-0.2, 0) is 4.74 Å². The largest absolute Gasteiger partial charge is 0.444 e. The van der Waals surface area contributed by atoms with E-state index in [9.17, 15) is 4.79 Å². The Morgan fingerprint density at radius 3 is 2.33 bits per heavy atom. The van der Waals surface area contributed by atoms with Crippen molar-refractivity contribution in [3.05, 3.63) is 0 Å². The summed E-state index contributed by atoms with van der Waals surface area (Å²) in [5.74, 6) is 0.752. The first-order valence-corrected chi connectivity index (χ1v) is 6.82. The van der Waals surface area contributed by atoms with E-state index in [2.05, 4.69) is 6.92 Å². The second-order valence-corrected chi connectivity index (χ2v) is 6.25. The molecule has 1 rings (SSSR count). The normalized spacial score (nSPS) is 24.4. The van der Waals surface area contributed by atoms with Crippen LogP contribution in [-0.4, -0.2) is 35.4 Å². The highest BCUT2D eigenvalue weighted by atomic mass is 16.6. The molecule has 0 saturated heterocycles. The molecule has 0 unspecified atom stereocenters. The van der Waals surface area contributed by atoms with Crippen LogP contribution in [0, 0.1) is 11.3 Å². The smallest absolute Gasteiger partial charge is 0.410 e. The lowest BCUT2D eigenvalue weighted by Gasteiger charge is -2.36. The fourth-order valence-corrected chi connectivity index (χ4v) is 2.35. The van der Waals surface area contributed by atoms with Crippen LogP contribution in [0.15, 0.2) is 0 Å². The van der Waals surface area contributed by atoms with Crippen molar-refractivity contribution in [2.24, 2.45) is 5.92 Å². The number of nitrogens with one attached hydrogen (secondary N) is 1. The number of carbonyl (C=O) groups excluding carboxylic acids is 1. The molecule has 0 bridgehead atoms. The van der Waals surface area contributed by atoms with E-state index in [0.29, 0.717) is 6.54 Å². The van der Waals surface area contributed by atoms with Crippen LogP contribution < -0.4 is 0 Å². The topological polar surface area (TPSA) is 53.4 Å². The number of rotatable bonds is 3. The Morgan fingerprint density at radius 1 is 1.33 bits per heavy atom. The van der Waals surface area contributed by atoms with E-state index in [4.69, 9.17) is 10.1 Å². The molecule has 0 spiro atoms. The third-order valence-corrected chi connectivity index (χ3v) is 3.34. The predicted molar refractivity (Wildman–Crippen MR) is 73.1 cm³/mol. The molecule has 4 nitrogen and oxygen atoms in total. The number of hydrogen-bond acceptors (Lipinski definition) is 3. The SMILES string of the molecule is CC1CCC(N(CC=N)C(=O)OC(C)(C)C)CC1. The van der Waals surface area contributed by atoms with Crippen molar-refractivity contribution in [2.45, 2.75) is 65.0 Å². The van der Waals surface area contributed by atoms with Gasteiger partial charge in [0.05, 0.1) is 6.54 Å². The molecule has 0 atom stereocenters. The Labute approximate surface area is 110 Å². The van der Waals surface area contributed by atoms with E-state index >= 15 is 0 Å². The Bertz CT molecular complexity index is 289. The Balaban J connectivity index is 2.64. The number of carbonyl (C=O) groups is 1. The molecule has 1 saturated carbocycles. The van der Waals surface area contributed by atoms with Gasteiger partial charge in [0.1, 0.15) is 5.60 Å². The Hall–Kier alpha value is -1.06. The second kappa shape index (κ2) is 6.21. The van der Waals surface area contributed by atoms with Gasteiger partial charge in [0.15, 0.2) is 0 Å². The minimum atomic E-state index is -0.473. The average Bonchev–Trinajstić information content (AvgIpc) is 2.25. The minimum absolute atomic E-state index is 0.234. The van der Waals surface area contributed by atoms with Crippen molar-refractivity contribution in [1.29, 1.82) is 5.41 Å². The van der Waals surface area contributed by atoms with Crippen LogP contribution in [0.2, 0.25) is 0 Å². The van der Waals surface area contributed by atoms with Crippen molar-refractivity contribution in [3.63, 3.8) is 0 Å². The molecule has 0 heterocycles. The van der Waals surface area contributed by atoms with Gasteiger partial charge in [-0.3, -0.25) is 4.90 Å². The molecule has 1 amide bonds. The predicted octanol–water partition coefficient (Wildman–Crippen LogP) is 3.45. The van der Waals surface area contributed by atoms with E-state index in [-0.39, 0.29) is 12.1 Å². The summed E-state index contributed by atoms with van der Waals surface area (Å²) >= 11 is 0. The van der Waals surface area contributed by atoms with Gasteiger partial charge >= 0.3 is 6.09 Å². The van der Waals surface area contributed by atoms with Gasteiger partial charge in [-0.15, -0.1) is 0 Å². The van der Waals surface area contributed by atoms with Crippen LogP contribution in [0.1, 0.15) is 53.4 Å².